The molecule has 308 valence electrons. The molecule has 2 saturated heterocycles. The van der Waals surface area contributed by atoms with Gasteiger partial charge in [0.2, 0.25) is 29.4 Å². The second-order valence-electron chi connectivity index (χ2n) is 18.5. The molecule has 0 aromatic carbocycles. The van der Waals surface area contributed by atoms with Crippen LogP contribution < -0.4 is 21.3 Å². The molecule has 2 aliphatic carbocycles. The molecule has 5 atom stereocenters. The summed E-state index contributed by atoms with van der Waals surface area (Å²) in [6.07, 6.45) is 11.6. The number of imide groups is 1. The fourth-order valence-electron chi connectivity index (χ4n) is 9.44. The van der Waals surface area contributed by atoms with Crippen molar-refractivity contribution in [3.63, 3.8) is 0 Å². The maximum absolute atomic E-state index is 14.9. The van der Waals surface area contributed by atoms with Crippen LogP contribution in [0, 0.1) is 28.1 Å². The molecular weight excluding hydrogens is 700 g/mol. The Morgan fingerprint density at radius 1 is 0.909 bits per heavy atom. The maximum Gasteiger partial charge on any atom is 0.315 e. The molecule has 0 bridgehead atoms. The number of carbonyl (C=O) groups excluding carboxylic acids is 7. The van der Waals surface area contributed by atoms with E-state index in [-0.39, 0.29) is 54.5 Å². The van der Waals surface area contributed by atoms with Gasteiger partial charge >= 0.3 is 6.03 Å². The zero-order chi connectivity index (χ0) is 40.7. The number of amides is 7. The van der Waals surface area contributed by atoms with E-state index in [9.17, 15) is 33.6 Å². The Balaban J connectivity index is 1.57. The van der Waals surface area contributed by atoms with Crippen molar-refractivity contribution in [3.05, 3.63) is 12.7 Å². The Labute approximate surface area is 328 Å². The van der Waals surface area contributed by atoms with Crippen LogP contribution in [0.4, 0.5) is 4.79 Å². The Bertz CT molecular complexity index is 1440. The van der Waals surface area contributed by atoms with Gasteiger partial charge in [-0.1, -0.05) is 93.1 Å². The topological polar surface area (TPSA) is 174 Å². The SMILES string of the molecule is C=CCNC(=O)C(=O)C(CCC)NC(=O)[C@@H]1[C@@H](C(C)C)CCN1C(=O)[C@@H](NC(=O)N[C@H](CN1C(=O)CC2(CCCC2)CC1=O)C(C)(C)C)C1(C)CCCCC1. The van der Waals surface area contributed by atoms with Crippen LogP contribution in [0.2, 0.25) is 0 Å². The third kappa shape index (κ3) is 10.6. The monoisotopic (exact) mass is 769 g/mol. The van der Waals surface area contributed by atoms with Crippen LogP contribution in [0.3, 0.4) is 0 Å². The van der Waals surface area contributed by atoms with Gasteiger partial charge in [0.15, 0.2) is 0 Å². The summed E-state index contributed by atoms with van der Waals surface area (Å²) in [5.41, 5.74) is -1.37. The first-order valence-corrected chi connectivity index (χ1v) is 20.8. The molecule has 1 spiro atoms. The molecule has 13 heteroatoms. The van der Waals surface area contributed by atoms with Gasteiger partial charge in [-0.2, -0.15) is 0 Å². The highest BCUT2D eigenvalue weighted by Gasteiger charge is 2.51. The van der Waals surface area contributed by atoms with Crippen molar-refractivity contribution < 1.29 is 33.6 Å². The zero-order valence-corrected chi connectivity index (χ0v) is 34.5. The Morgan fingerprint density at radius 3 is 2.05 bits per heavy atom. The summed E-state index contributed by atoms with van der Waals surface area (Å²) >= 11 is 0. The number of rotatable bonds is 15. The Kier molecular flexibility index (Phi) is 14.7. The van der Waals surface area contributed by atoms with Gasteiger partial charge in [0.25, 0.3) is 5.91 Å². The highest BCUT2D eigenvalue weighted by Crippen LogP contribution is 2.47. The minimum Gasteiger partial charge on any atom is -0.346 e. The number of nitrogens with zero attached hydrogens (tertiary/aromatic N) is 2. The van der Waals surface area contributed by atoms with E-state index in [0.717, 1.165) is 44.9 Å². The smallest absolute Gasteiger partial charge is 0.315 e. The van der Waals surface area contributed by atoms with Crippen molar-refractivity contribution in [3.8, 4) is 0 Å². The standard InChI is InChI=1S/C42H68N6O7/c1-9-16-29(34(51)37(53)43-22-10-2)44-36(52)33-28(27(3)4)17-23-47(33)38(54)35(41(8)18-12-11-13-19-41)46-39(55)45-30(40(5,6)7)26-48-31(49)24-42(25-32(48)50)20-14-15-21-42/h10,27-30,33,35H,2,9,11-26H2,1,3-8H3,(H,43,53)(H,44,52)(H2,45,46,55)/t28-,29?,30-,33+,35-/m1/s1. The van der Waals surface area contributed by atoms with Crippen molar-refractivity contribution in [1.82, 2.24) is 31.1 Å². The van der Waals surface area contributed by atoms with Crippen molar-refractivity contribution in [1.29, 1.82) is 0 Å². The van der Waals surface area contributed by atoms with Gasteiger partial charge in [-0.3, -0.25) is 33.7 Å². The molecule has 7 amide bonds. The molecule has 4 N–H and O–H groups in total. The predicted octanol–water partition coefficient (Wildman–Crippen LogP) is 4.78. The second-order valence-corrected chi connectivity index (χ2v) is 18.5. The molecule has 0 aromatic heterocycles. The fraction of sp³-hybridized carbons (Fsp3) is 0.786. The van der Waals surface area contributed by atoms with E-state index in [1.54, 1.807) is 4.90 Å². The van der Waals surface area contributed by atoms with Crippen LogP contribution in [0.1, 0.15) is 138 Å². The van der Waals surface area contributed by atoms with Crippen LogP contribution in [0.25, 0.3) is 0 Å². The number of likely N-dealkylation sites (tertiary alicyclic amines) is 2. The number of nitrogens with one attached hydrogen (secondary N) is 4. The molecule has 0 aromatic rings. The normalized spacial score (nSPS) is 23.9. The molecule has 4 aliphatic rings. The molecule has 4 fully saturated rings. The minimum atomic E-state index is -1.06. The molecule has 55 heavy (non-hydrogen) atoms. The number of urea groups is 1. The summed E-state index contributed by atoms with van der Waals surface area (Å²) in [5, 5.41) is 11.4. The number of hydrogen-bond acceptors (Lipinski definition) is 7. The van der Waals surface area contributed by atoms with E-state index in [2.05, 4.69) is 27.8 Å². The molecular formula is C42H68N6O7. The zero-order valence-electron chi connectivity index (χ0n) is 34.5. The molecule has 2 aliphatic heterocycles. The number of carbonyl (C=O) groups is 7. The number of hydrogen-bond donors (Lipinski definition) is 4. The maximum atomic E-state index is 14.9. The Morgan fingerprint density at radius 2 is 1.51 bits per heavy atom. The second kappa shape index (κ2) is 18.4. The fourth-order valence-corrected chi connectivity index (χ4v) is 9.44. The third-order valence-electron chi connectivity index (χ3n) is 12.9. The first-order valence-electron chi connectivity index (χ1n) is 20.8. The molecule has 1 unspecified atom stereocenters. The average molecular weight is 769 g/mol. The highest BCUT2D eigenvalue weighted by atomic mass is 16.2. The van der Waals surface area contributed by atoms with E-state index in [1.165, 1.54) is 11.0 Å². The van der Waals surface area contributed by atoms with E-state index >= 15 is 0 Å². The summed E-state index contributed by atoms with van der Waals surface area (Å²) in [6, 6.07) is -4.10. The number of ketones is 1. The molecule has 2 heterocycles. The molecule has 2 saturated carbocycles. The molecule has 4 rings (SSSR count). The van der Waals surface area contributed by atoms with Crippen LogP contribution in [-0.2, 0) is 28.8 Å². The Hall–Kier alpha value is -3.77. The van der Waals surface area contributed by atoms with Crippen molar-refractivity contribution >= 4 is 41.4 Å². The van der Waals surface area contributed by atoms with Gasteiger partial charge < -0.3 is 26.2 Å². The van der Waals surface area contributed by atoms with Gasteiger partial charge in [-0.05, 0) is 66.6 Å². The van der Waals surface area contributed by atoms with Crippen molar-refractivity contribution in [2.24, 2.45) is 28.1 Å². The largest absolute Gasteiger partial charge is 0.346 e. The summed E-state index contributed by atoms with van der Waals surface area (Å²) in [7, 11) is 0. The van der Waals surface area contributed by atoms with Crippen molar-refractivity contribution in [2.45, 2.75) is 163 Å². The number of piperidine rings is 1. The third-order valence-corrected chi connectivity index (χ3v) is 12.9. The van der Waals surface area contributed by atoms with E-state index < -0.39 is 58.6 Å². The van der Waals surface area contributed by atoms with Crippen molar-refractivity contribution in [2.75, 3.05) is 19.6 Å². The van der Waals surface area contributed by atoms with Crippen LogP contribution in [0.5, 0.6) is 0 Å². The predicted molar refractivity (Wildman–Crippen MR) is 210 cm³/mol. The van der Waals surface area contributed by atoms with Gasteiger partial charge in [-0.15, -0.1) is 6.58 Å². The molecule has 0 radical (unpaired) electrons. The van der Waals surface area contributed by atoms with Gasteiger partial charge in [-0.25, -0.2) is 4.79 Å². The van der Waals surface area contributed by atoms with Gasteiger partial charge in [0.1, 0.15) is 12.1 Å². The summed E-state index contributed by atoms with van der Waals surface area (Å²) < 4.78 is 0. The lowest BCUT2D eigenvalue weighted by Crippen LogP contribution is -2.64. The van der Waals surface area contributed by atoms with Crippen LogP contribution in [-0.4, -0.2) is 95.0 Å². The van der Waals surface area contributed by atoms with Gasteiger partial charge in [0.05, 0.1) is 12.1 Å². The van der Waals surface area contributed by atoms with E-state index in [1.807, 2.05) is 48.5 Å². The first kappa shape index (κ1) is 44.0. The lowest BCUT2D eigenvalue weighted by Gasteiger charge is -2.43. The van der Waals surface area contributed by atoms with E-state index in [0.29, 0.717) is 45.1 Å². The average Bonchev–Trinajstić information content (AvgIpc) is 3.77. The lowest BCUT2D eigenvalue weighted by molar-refractivity contribution is -0.154. The summed E-state index contributed by atoms with van der Waals surface area (Å²) in [4.78, 5) is 98.7. The highest BCUT2D eigenvalue weighted by molar-refractivity contribution is 6.38. The minimum absolute atomic E-state index is 0.0287. The van der Waals surface area contributed by atoms with E-state index in [4.69, 9.17) is 0 Å². The first-order chi connectivity index (χ1) is 25.9. The summed E-state index contributed by atoms with van der Waals surface area (Å²) in [5.74, 6) is -2.99. The summed E-state index contributed by atoms with van der Waals surface area (Å²) in [6.45, 7) is 17.7. The quantitative estimate of drug-likeness (QED) is 0.105. The van der Waals surface area contributed by atoms with Crippen LogP contribution in [0.15, 0.2) is 12.7 Å². The number of Topliss-reactive ketones (excluding diaryl/α,β-unsaturated/α-hetero) is 1. The van der Waals surface area contributed by atoms with Crippen LogP contribution >= 0.6 is 0 Å². The molecule has 13 nitrogen and oxygen atoms in total. The lowest BCUT2D eigenvalue weighted by atomic mass is 9.70. The van der Waals surface area contributed by atoms with Gasteiger partial charge in [0, 0.05) is 32.5 Å².